The number of carbonyl (C=O) groups excluding carboxylic acids is 1. The molecule has 0 aromatic carbocycles. The number of nitrogens with one attached hydrogen (secondary N) is 1. The zero-order chi connectivity index (χ0) is 13.0. The van der Waals surface area contributed by atoms with Crippen molar-refractivity contribution in [2.75, 3.05) is 5.32 Å². The molecule has 0 unspecified atom stereocenters. The van der Waals surface area contributed by atoms with E-state index >= 15 is 0 Å². The lowest BCUT2D eigenvalue weighted by molar-refractivity contribution is -0.116. The summed E-state index contributed by atoms with van der Waals surface area (Å²) in [5.41, 5.74) is 6.72. The molecule has 2 heterocycles. The molecular formula is C10H11BrN6O. The molecule has 1 amide bonds. The van der Waals surface area contributed by atoms with Gasteiger partial charge in [0.1, 0.15) is 6.54 Å². The average Bonchev–Trinajstić information content (AvgIpc) is 2.80. The minimum atomic E-state index is -0.199. The maximum Gasteiger partial charge on any atom is 0.246 e. The Labute approximate surface area is 112 Å². The van der Waals surface area contributed by atoms with Gasteiger partial charge in [0.05, 0.1) is 22.1 Å². The molecule has 8 heteroatoms. The molecule has 0 atom stereocenters. The van der Waals surface area contributed by atoms with Crippen molar-refractivity contribution >= 4 is 27.5 Å². The molecule has 7 nitrogen and oxygen atoms in total. The number of amides is 1. The highest BCUT2D eigenvalue weighted by molar-refractivity contribution is 9.10. The van der Waals surface area contributed by atoms with Crippen molar-refractivity contribution in [2.45, 2.75) is 13.1 Å². The van der Waals surface area contributed by atoms with Gasteiger partial charge in [-0.05, 0) is 22.0 Å². The number of hydrogen-bond donors (Lipinski definition) is 2. The van der Waals surface area contributed by atoms with Crippen LogP contribution in [-0.2, 0) is 17.9 Å². The Morgan fingerprint density at radius 2 is 2.39 bits per heavy atom. The fourth-order valence-electron chi connectivity index (χ4n) is 1.32. The molecule has 2 aromatic heterocycles. The van der Waals surface area contributed by atoms with Crippen LogP contribution in [0, 0.1) is 0 Å². The Balaban J connectivity index is 1.99. The fourth-order valence-corrected chi connectivity index (χ4v) is 1.67. The number of anilines is 1. The van der Waals surface area contributed by atoms with Crippen LogP contribution in [0.15, 0.2) is 29.1 Å². The number of rotatable bonds is 4. The molecule has 0 fully saturated rings. The van der Waals surface area contributed by atoms with Crippen LogP contribution < -0.4 is 11.1 Å². The molecule has 0 spiro atoms. The summed E-state index contributed by atoms with van der Waals surface area (Å²) in [6, 6.07) is 1.70. The van der Waals surface area contributed by atoms with Crippen LogP contribution in [0.4, 0.5) is 5.69 Å². The highest BCUT2D eigenvalue weighted by Crippen LogP contribution is 2.19. The van der Waals surface area contributed by atoms with Crippen molar-refractivity contribution in [1.29, 1.82) is 0 Å². The van der Waals surface area contributed by atoms with Gasteiger partial charge in [-0.3, -0.25) is 9.78 Å². The Morgan fingerprint density at radius 1 is 1.56 bits per heavy atom. The van der Waals surface area contributed by atoms with Crippen molar-refractivity contribution in [3.8, 4) is 0 Å². The molecule has 2 aromatic rings. The molecule has 18 heavy (non-hydrogen) atoms. The van der Waals surface area contributed by atoms with Gasteiger partial charge < -0.3 is 11.1 Å². The number of pyridine rings is 1. The van der Waals surface area contributed by atoms with Crippen LogP contribution >= 0.6 is 15.9 Å². The first-order valence-electron chi connectivity index (χ1n) is 5.17. The third kappa shape index (κ3) is 3.11. The van der Waals surface area contributed by atoms with Crippen LogP contribution in [0.25, 0.3) is 0 Å². The average molecular weight is 311 g/mol. The summed E-state index contributed by atoms with van der Waals surface area (Å²) in [6.07, 6.45) is 4.85. The first-order valence-corrected chi connectivity index (χ1v) is 5.97. The van der Waals surface area contributed by atoms with Crippen LogP contribution in [0.1, 0.15) is 5.69 Å². The highest BCUT2D eigenvalue weighted by atomic mass is 79.9. The highest BCUT2D eigenvalue weighted by Gasteiger charge is 2.07. The summed E-state index contributed by atoms with van der Waals surface area (Å²) in [5.74, 6) is -0.199. The molecule has 0 aliphatic carbocycles. The molecule has 0 aliphatic heterocycles. The number of nitrogens with zero attached hydrogens (tertiary/aromatic N) is 4. The molecule has 0 bridgehead atoms. The summed E-state index contributed by atoms with van der Waals surface area (Å²) in [4.78, 5) is 15.7. The Morgan fingerprint density at radius 3 is 3.06 bits per heavy atom. The summed E-state index contributed by atoms with van der Waals surface area (Å²) in [5, 5.41) is 10.3. The first kappa shape index (κ1) is 12.7. The van der Waals surface area contributed by atoms with E-state index in [1.807, 2.05) is 0 Å². The van der Waals surface area contributed by atoms with E-state index < -0.39 is 0 Å². The van der Waals surface area contributed by atoms with Gasteiger partial charge in [-0.1, -0.05) is 5.21 Å². The number of hydrogen-bond acceptors (Lipinski definition) is 5. The normalized spacial score (nSPS) is 10.3. The smallest absolute Gasteiger partial charge is 0.246 e. The minimum absolute atomic E-state index is 0.0851. The van der Waals surface area contributed by atoms with Crippen molar-refractivity contribution in [1.82, 2.24) is 20.0 Å². The van der Waals surface area contributed by atoms with Gasteiger partial charge in [0.15, 0.2) is 0 Å². The Kier molecular flexibility index (Phi) is 4.00. The number of nitrogens with two attached hydrogens (primary N) is 1. The van der Waals surface area contributed by atoms with Gasteiger partial charge in [0.25, 0.3) is 0 Å². The standard InChI is InChI=1S/C10H11BrN6O/c11-8-4-13-2-1-9(8)14-10(18)6-17-5-7(3-12)15-16-17/h1-2,4-5H,3,6,12H2,(H,13,14,18). The molecule has 0 aliphatic rings. The third-order valence-electron chi connectivity index (χ3n) is 2.15. The maximum atomic E-state index is 11.8. The lowest BCUT2D eigenvalue weighted by Crippen LogP contribution is -2.19. The lowest BCUT2D eigenvalue weighted by Gasteiger charge is -2.06. The van der Waals surface area contributed by atoms with E-state index in [2.05, 4.69) is 36.5 Å². The second-order valence-electron chi connectivity index (χ2n) is 3.52. The summed E-state index contributed by atoms with van der Waals surface area (Å²) < 4.78 is 2.16. The predicted molar refractivity (Wildman–Crippen MR) is 68.5 cm³/mol. The van der Waals surface area contributed by atoms with Gasteiger partial charge in [0, 0.05) is 18.9 Å². The monoisotopic (exact) mass is 310 g/mol. The molecule has 0 saturated heterocycles. The molecule has 2 rings (SSSR count). The molecular weight excluding hydrogens is 300 g/mol. The first-order chi connectivity index (χ1) is 8.69. The number of aromatic nitrogens is 4. The topological polar surface area (TPSA) is 98.7 Å². The summed E-state index contributed by atoms with van der Waals surface area (Å²) in [7, 11) is 0. The van der Waals surface area contributed by atoms with Crippen LogP contribution in [0.5, 0.6) is 0 Å². The summed E-state index contributed by atoms with van der Waals surface area (Å²) in [6.45, 7) is 0.388. The zero-order valence-electron chi connectivity index (χ0n) is 9.38. The van der Waals surface area contributed by atoms with Crippen LogP contribution in [0.3, 0.4) is 0 Å². The van der Waals surface area contributed by atoms with E-state index in [1.54, 1.807) is 24.7 Å². The predicted octanol–water partition coefficient (Wildman–Crippen LogP) is 0.533. The van der Waals surface area contributed by atoms with Gasteiger partial charge in [-0.25, -0.2) is 4.68 Å². The summed E-state index contributed by atoms with van der Waals surface area (Å²) >= 11 is 3.30. The van der Waals surface area contributed by atoms with E-state index in [9.17, 15) is 4.79 Å². The maximum absolute atomic E-state index is 11.8. The molecule has 94 valence electrons. The number of carbonyl (C=O) groups is 1. The van der Waals surface area contributed by atoms with E-state index in [0.29, 0.717) is 17.9 Å². The van der Waals surface area contributed by atoms with Crippen molar-refractivity contribution < 1.29 is 4.79 Å². The molecule has 3 N–H and O–H groups in total. The van der Waals surface area contributed by atoms with Crippen molar-refractivity contribution in [3.63, 3.8) is 0 Å². The van der Waals surface area contributed by atoms with Crippen molar-refractivity contribution in [3.05, 3.63) is 34.8 Å². The zero-order valence-corrected chi connectivity index (χ0v) is 11.0. The second kappa shape index (κ2) is 5.69. The van der Waals surface area contributed by atoms with Crippen LogP contribution in [0.2, 0.25) is 0 Å². The van der Waals surface area contributed by atoms with Gasteiger partial charge in [-0.2, -0.15) is 0 Å². The van der Waals surface area contributed by atoms with E-state index in [0.717, 1.165) is 4.47 Å². The lowest BCUT2D eigenvalue weighted by atomic mass is 10.4. The SMILES string of the molecule is NCc1cn(CC(=O)Nc2ccncc2Br)nn1. The van der Waals surface area contributed by atoms with Crippen molar-refractivity contribution in [2.24, 2.45) is 5.73 Å². The fraction of sp³-hybridized carbons (Fsp3) is 0.200. The second-order valence-corrected chi connectivity index (χ2v) is 4.37. The van der Waals surface area contributed by atoms with E-state index in [4.69, 9.17) is 5.73 Å². The van der Waals surface area contributed by atoms with Gasteiger partial charge >= 0.3 is 0 Å². The van der Waals surface area contributed by atoms with Gasteiger partial charge in [0.2, 0.25) is 5.91 Å². The third-order valence-corrected chi connectivity index (χ3v) is 2.78. The van der Waals surface area contributed by atoms with Gasteiger partial charge in [-0.15, -0.1) is 5.10 Å². The minimum Gasteiger partial charge on any atom is -0.325 e. The molecule has 0 saturated carbocycles. The van der Waals surface area contributed by atoms with Crippen LogP contribution in [-0.4, -0.2) is 25.9 Å². The van der Waals surface area contributed by atoms with E-state index in [1.165, 1.54) is 4.68 Å². The quantitative estimate of drug-likeness (QED) is 0.858. The molecule has 0 radical (unpaired) electrons. The Hall–Kier alpha value is -1.80. The Bertz CT molecular complexity index is 555. The largest absolute Gasteiger partial charge is 0.325 e. The van der Waals surface area contributed by atoms with E-state index in [-0.39, 0.29) is 12.5 Å². The number of halogens is 1.